The average molecular weight is 296 g/mol. The second-order valence-electron chi connectivity index (χ2n) is 4.96. The van der Waals surface area contributed by atoms with Gasteiger partial charge in [0.25, 0.3) is 5.69 Å². The minimum atomic E-state index is -0.462. The Bertz CT molecular complexity index is 828. The molecule has 8 heteroatoms. The minimum Gasteiger partial charge on any atom is -0.384 e. The van der Waals surface area contributed by atoms with Crippen molar-refractivity contribution in [3.63, 3.8) is 0 Å². The fraction of sp³-hybridized carbons (Fsp3) is 0.143. The molecule has 1 aromatic heterocycles. The van der Waals surface area contributed by atoms with Crippen LogP contribution >= 0.6 is 0 Å². The summed E-state index contributed by atoms with van der Waals surface area (Å²) in [7, 11) is 0. The van der Waals surface area contributed by atoms with Crippen LogP contribution in [0.3, 0.4) is 0 Å². The molecule has 0 radical (unpaired) electrons. The van der Waals surface area contributed by atoms with Gasteiger partial charge in [-0.25, -0.2) is 0 Å². The number of hydrogen-bond donors (Lipinski definition) is 3. The van der Waals surface area contributed by atoms with Gasteiger partial charge in [-0.2, -0.15) is 10.4 Å². The molecule has 3 rings (SSSR count). The molecule has 1 aliphatic rings. The normalized spacial score (nSPS) is 16.6. The lowest BCUT2D eigenvalue weighted by Crippen LogP contribution is -2.23. The van der Waals surface area contributed by atoms with Crippen LogP contribution in [0.15, 0.2) is 35.7 Å². The van der Waals surface area contributed by atoms with Crippen molar-refractivity contribution in [3.05, 3.63) is 62.6 Å². The second kappa shape index (κ2) is 4.89. The molecule has 0 bridgehead atoms. The number of nitrogens with two attached hydrogens (primary N) is 1. The summed E-state index contributed by atoms with van der Waals surface area (Å²) < 4.78 is 0. The molecule has 1 atom stereocenters. The van der Waals surface area contributed by atoms with Crippen molar-refractivity contribution in [2.24, 2.45) is 5.73 Å². The van der Waals surface area contributed by atoms with Crippen LogP contribution in [0.2, 0.25) is 0 Å². The van der Waals surface area contributed by atoms with Crippen LogP contribution in [0.25, 0.3) is 0 Å². The van der Waals surface area contributed by atoms with E-state index in [0.717, 1.165) is 16.8 Å². The summed E-state index contributed by atoms with van der Waals surface area (Å²) in [6.07, 6.45) is 0. The van der Waals surface area contributed by atoms with E-state index in [4.69, 9.17) is 5.73 Å². The van der Waals surface area contributed by atoms with Gasteiger partial charge in [0.1, 0.15) is 5.82 Å². The Balaban J connectivity index is 2.16. The summed E-state index contributed by atoms with van der Waals surface area (Å²) in [6, 6.07) is 8.21. The Hall–Kier alpha value is -3.34. The maximum Gasteiger partial charge on any atom is 0.269 e. The van der Waals surface area contributed by atoms with Gasteiger partial charge in [-0.15, -0.1) is 0 Å². The molecule has 0 aliphatic carbocycles. The molecule has 22 heavy (non-hydrogen) atoms. The summed E-state index contributed by atoms with van der Waals surface area (Å²) in [4.78, 5) is 10.3. The lowest BCUT2D eigenvalue weighted by molar-refractivity contribution is -0.384. The summed E-state index contributed by atoms with van der Waals surface area (Å²) in [5.74, 6) is 0.406. The first-order chi connectivity index (χ1) is 10.5. The molecule has 2 heterocycles. The zero-order valence-electron chi connectivity index (χ0n) is 11.6. The maximum atomic E-state index is 10.8. The first-order valence-electron chi connectivity index (χ1n) is 6.49. The van der Waals surface area contributed by atoms with Gasteiger partial charge in [-0.1, -0.05) is 12.1 Å². The van der Waals surface area contributed by atoms with E-state index in [1.807, 2.05) is 6.92 Å². The van der Waals surface area contributed by atoms with Crippen LogP contribution in [0.5, 0.6) is 0 Å². The highest BCUT2D eigenvalue weighted by molar-refractivity contribution is 5.65. The Morgan fingerprint density at radius 3 is 2.68 bits per heavy atom. The highest BCUT2D eigenvalue weighted by Crippen LogP contribution is 2.41. The zero-order chi connectivity index (χ0) is 15.9. The zero-order valence-corrected chi connectivity index (χ0v) is 11.6. The van der Waals surface area contributed by atoms with E-state index < -0.39 is 10.8 Å². The predicted molar refractivity (Wildman–Crippen MR) is 78.7 cm³/mol. The number of nitro groups is 1. The third kappa shape index (κ3) is 1.96. The Morgan fingerprint density at radius 1 is 1.41 bits per heavy atom. The first-order valence-corrected chi connectivity index (χ1v) is 6.49. The number of rotatable bonds is 2. The number of nitro benzene ring substituents is 1. The maximum absolute atomic E-state index is 10.8. The highest BCUT2D eigenvalue weighted by atomic mass is 16.6. The standard InChI is InChI=1S/C14H12N6O2/c1-7-11-12(8-2-4-9(5-3-8)20(21)22)10(6-15)13(16)17-14(11)19-18-7/h2-5,12H,16H2,1H3,(H2,17,18,19). The number of benzene rings is 1. The molecular weight excluding hydrogens is 284 g/mol. The minimum absolute atomic E-state index is 0.00252. The fourth-order valence-electron chi connectivity index (χ4n) is 2.63. The van der Waals surface area contributed by atoms with Gasteiger partial charge in [0.15, 0.2) is 5.82 Å². The number of non-ortho nitro benzene ring substituents is 1. The van der Waals surface area contributed by atoms with E-state index in [0.29, 0.717) is 11.4 Å². The van der Waals surface area contributed by atoms with E-state index >= 15 is 0 Å². The van der Waals surface area contributed by atoms with E-state index in [9.17, 15) is 15.4 Å². The molecule has 2 aromatic rings. The van der Waals surface area contributed by atoms with E-state index in [1.54, 1.807) is 12.1 Å². The van der Waals surface area contributed by atoms with Gasteiger partial charge in [0.05, 0.1) is 22.5 Å². The van der Waals surface area contributed by atoms with Gasteiger partial charge in [-0.05, 0) is 12.5 Å². The number of nitriles is 1. The number of allylic oxidation sites excluding steroid dienone is 1. The third-order valence-corrected chi connectivity index (χ3v) is 3.67. The van der Waals surface area contributed by atoms with Crippen molar-refractivity contribution in [1.29, 1.82) is 5.26 Å². The third-order valence-electron chi connectivity index (χ3n) is 3.67. The van der Waals surface area contributed by atoms with Gasteiger partial charge in [0, 0.05) is 23.4 Å². The van der Waals surface area contributed by atoms with Crippen molar-refractivity contribution in [2.45, 2.75) is 12.8 Å². The molecule has 0 spiro atoms. The van der Waals surface area contributed by atoms with Gasteiger partial charge in [0.2, 0.25) is 0 Å². The number of nitrogens with one attached hydrogen (secondary N) is 2. The Kier molecular flexibility index (Phi) is 3.03. The summed E-state index contributed by atoms with van der Waals surface area (Å²) in [5.41, 5.74) is 8.65. The Labute approximate surface area is 125 Å². The number of aryl methyl sites for hydroxylation is 1. The van der Waals surface area contributed by atoms with Crippen molar-refractivity contribution in [2.75, 3.05) is 5.32 Å². The number of fused-ring (bicyclic) bond motifs is 1. The number of nitrogens with zero attached hydrogens (tertiary/aromatic N) is 3. The summed E-state index contributed by atoms with van der Waals surface area (Å²) in [5, 5.41) is 30.1. The Morgan fingerprint density at radius 2 is 2.09 bits per heavy atom. The molecule has 0 amide bonds. The van der Waals surface area contributed by atoms with Gasteiger partial charge in [-0.3, -0.25) is 15.2 Å². The lowest BCUT2D eigenvalue weighted by Gasteiger charge is -2.24. The molecule has 1 aromatic carbocycles. The van der Waals surface area contributed by atoms with Crippen molar-refractivity contribution >= 4 is 11.5 Å². The van der Waals surface area contributed by atoms with Crippen LogP contribution in [-0.2, 0) is 0 Å². The smallest absolute Gasteiger partial charge is 0.269 e. The molecule has 0 saturated heterocycles. The summed E-state index contributed by atoms with van der Waals surface area (Å²) >= 11 is 0. The van der Waals surface area contributed by atoms with Crippen LogP contribution in [0.1, 0.15) is 22.7 Å². The van der Waals surface area contributed by atoms with Crippen LogP contribution in [0.4, 0.5) is 11.5 Å². The number of anilines is 1. The molecular formula is C14H12N6O2. The number of hydrogen-bond acceptors (Lipinski definition) is 6. The topological polar surface area (TPSA) is 134 Å². The van der Waals surface area contributed by atoms with Gasteiger partial charge < -0.3 is 11.1 Å². The molecule has 110 valence electrons. The van der Waals surface area contributed by atoms with Crippen molar-refractivity contribution in [1.82, 2.24) is 10.2 Å². The van der Waals surface area contributed by atoms with Crippen LogP contribution < -0.4 is 11.1 Å². The quantitative estimate of drug-likeness (QED) is 0.572. The first kappa shape index (κ1) is 13.6. The average Bonchev–Trinajstić information content (AvgIpc) is 2.87. The predicted octanol–water partition coefficient (Wildman–Crippen LogP) is 1.88. The molecule has 8 nitrogen and oxygen atoms in total. The molecule has 0 saturated carbocycles. The van der Waals surface area contributed by atoms with Crippen molar-refractivity contribution < 1.29 is 4.92 Å². The largest absolute Gasteiger partial charge is 0.384 e. The van der Waals surface area contributed by atoms with Crippen LogP contribution in [-0.4, -0.2) is 15.1 Å². The molecule has 1 aliphatic heterocycles. The van der Waals surface area contributed by atoms with E-state index in [2.05, 4.69) is 21.6 Å². The summed E-state index contributed by atoms with van der Waals surface area (Å²) in [6.45, 7) is 1.85. The SMILES string of the molecule is Cc1[nH]nc2c1C(c1ccc([N+](=O)[O-])cc1)C(C#N)=C(N)N2. The molecule has 4 N–H and O–H groups in total. The number of aromatic nitrogens is 2. The second-order valence-corrected chi connectivity index (χ2v) is 4.96. The number of H-pyrrole nitrogens is 1. The van der Waals surface area contributed by atoms with E-state index in [1.165, 1.54) is 12.1 Å². The fourth-order valence-corrected chi connectivity index (χ4v) is 2.63. The molecule has 0 fully saturated rings. The van der Waals surface area contributed by atoms with Gasteiger partial charge >= 0.3 is 0 Å². The van der Waals surface area contributed by atoms with Crippen molar-refractivity contribution in [3.8, 4) is 6.07 Å². The highest BCUT2D eigenvalue weighted by Gasteiger charge is 2.32. The van der Waals surface area contributed by atoms with Crippen LogP contribution in [0, 0.1) is 28.4 Å². The lowest BCUT2D eigenvalue weighted by atomic mass is 9.83. The monoisotopic (exact) mass is 296 g/mol. The van der Waals surface area contributed by atoms with E-state index in [-0.39, 0.29) is 11.5 Å². The number of aromatic amines is 1. The molecule has 1 unspecified atom stereocenters.